The van der Waals surface area contributed by atoms with Gasteiger partial charge in [-0.1, -0.05) is 18.2 Å². The lowest BCUT2D eigenvalue weighted by Gasteiger charge is -2.23. The number of nitrogens with zero attached hydrogens (tertiary/aromatic N) is 1. The lowest BCUT2D eigenvalue weighted by molar-refractivity contribution is -0.0999. The van der Waals surface area contributed by atoms with E-state index < -0.39 is 31.0 Å². The molecule has 0 saturated carbocycles. The van der Waals surface area contributed by atoms with Gasteiger partial charge in [0.15, 0.2) is 0 Å². The number of hydrogen-bond acceptors (Lipinski definition) is 7. The number of benzene rings is 1. The second-order valence-corrected chi connectivity index (χ2v) is 3.98. The summed E-state index contributed by atoms with van der Waals surface area (Å²) >= 11 is 0. The normalized spacial score (nSPS) is 17.9. The lowest BCUT2D eigenvalue weighted by atomic mass is 10.0. The van der Waals surface area contributed by atoms with Gasteiger partial charge in [0.2, 0.25) is 0 Å². The van der Waals surface area contributed by atoms with E-state index in [1.54, 1.807) is 24.3 Å². The Bertz CT molecular complexity index is 387. The highest BCUT2D eigenvalue weighted by atomic mass is 16.4. The van der Waals surface area contributed by atoms with Crippen molar-refractivity contribution in [3.63, 3.8) is 0 Å². The molecule has 106 valence electrons. The number of rotatable bonds is 7. The second kappa shape index (κ2) is 7.82. The molecule has 0 saturated heterocycles. The molecule has 7 nitrogen and oxygen atoms in total. The molecule has 1 aromatic rings. The Morgan fingerprint density at radius 3 is 2.26 bits per heavy atom. The average molecular weight is 270 g/mol. The second-order valence-electron chi connectivity index (χ2n) is 3.98. The van der Waals surface area contributed by atoms with Gasteiger partial charge in [0, 0.05) is 0 Å². The van der Waals surface area contributed by atoms with Gasteiger partial charge in [-0.2, -0.15) is 5.10 Å². The number of anilines is 1. The van der Waals surface area contributed by atoms with Crippen LogP contribution >= 0.6 is 0 Å². The molecule has 0 unspecified atom stereocenters. The predicted octanol–water partition coefficient (Wildman–Crippen LogP) is -1.48. The van der Waals surface area contributed by atoms with Crippen LogP contribution in [0.2, 0.25) is 0 Å². The maximum Gasteiger partial charge on any atom is 0.119 e. The summed E-state index contributed by atoms with van der Waals surface area (Å²) in [5.41, 5.74) is 3.31. The van der Waals surface area contributed by atoms with Gasteiger partial charge >= 0.3 is 0 Å². The summed E-state index contributed by atoms with van der Waals surface area (Å²) in [6.45, 7) is -0.718. The maximum atomic E-state index is 9.52. The first-order chi connectivity index (χ1) is 9.06. The monoisotopic (exact) mass is 270 g/mol. The third kappa shape index (κ3) is 4.93. The van der Waals surface area contributed by atoms with Crippen molar-refractivity contribution >= 4 is 11.9 Å². The van der Waals surface area contributed by atoms with E-state index in [2.05, 4.69) is 10.5 Å². The molecule has 0 fully saturated rings. The SMILES string of the molecule is OC[C@@H](O)[C@H](O)[C@H](O)[C@@H](O)/C=N/Nc1ccccc1. The van der Waals surface area contributed by atoms with E-state index in [0.29, 0.717) is 5.69 Å². The quantitative estimate of drug-likeness (QED) is 0.265. The Morgan fingerprint density at radius 1 is 1.05 bits per heavy atom. The van der Waals surface area contributed by atoms with E-state index in [1.165, 1.54) is 0 Å². The minimum Gasteiger partial charge on any atom is -0.394 e. The molecule has 0 aliphatic carbocycles. The summed E-state index contributed by atoms with van der Waals surface area (Å²) in [5, 5.41) is 49.8. The maximum absolute atomic E-state index is 9.52. The Kier molecular flexibility index (Phi) is 6.40. The van der Waals surface area contributed by atoms with Gasteiger partial charge in [0.05, 0.1) is 18.5 Å². The third-order valence-corrected chi connectivity index (χ3v) is 2.48. The van der Waals surface area contributed by atoms with Crippen LogP contribution in [0.4, 0.5) is 5.69 Å². The number of nitrogens with one attached hydrogen (secondary N) is 1. The zero-order chi connectivity index (χ0) is 14.3. The number of hydrogen-bond donors (Lipinski definition) is 6. The van der Waals surface area contributed by atoms with Crippen molar-refractivity contribution in [2.75, 3.05) is 12.0 Å². The molecule has 1 rings (SSSR count). The predicted molar refractivity (Wildman–Crippen MR) is 69.7 cm³/mol. The molecule has 0 spiro atoms. The van der Waals surface area contributed by atoms with E-state index in [1.807, 2.05) is 6.07 Å². The topological polar surface area (TPSA) is 126 Å². The average Bonchev–Trinajstić information content (AvgIpc) is 2.45. The molecule has 0 aliphatic rings. The van der Waals surface area contributed by atoms with E-state index in [4.69, 9.17) is 10.2 Å². The number of hydrazone groups is 1. The highest BCUT2D eigenvalue weighted by molar-refractivity contribution is 5.65. The van der Waals surface area contributed by atoms with Crippen LogP contribution in [0.25, 0.3) is 0 Å². The molecule has 7 heteroatoms. The van der Waals surface area contributed by atoms with Gasteiger partial charge < -0.3 is 25.5 Å². The first-order valence-electron chi connectivity index (χ1n) is 5.73. The van der Waals surface area contributed by atoms with Crippen LogP contribution in [0.15, 0.2) is 35.4 Å². The van der Waals surface area contributed by atoms with Crippen LogP contribution in [0, 0.1) is 0 Å². The molecule has 0 aliphatic heterocycles. The number of aliphatic hydroxyl groups excluding tert-OH is 5. The molecule has 19 heavy (non-hydrogen) atoms. The van der Waals surface area contributed by atoms with Gasteiger partial charge in [-0.25, -0.2) is 0 Å². The summed E-state index contributed by atoms with van der Waals surface area (Å²) in [4.78, 5) is 0. The van der Waals surface area contributed by atoms with Crippen molar-refractivity contribution in [3.8, 4) is 0 Å². The number of para-hydroxylation sites is 1. The van der Waals surface area contributed by atoms with Crippen LogP contribution in [0.5, 0.6) is 0 Å². The Labute approximate surface area is 110 Å². The van der Waals surface area contributed by atoms with Gasteiger partial charge in [-0.15, -0.1) is 0 Å². The summed E-state index contributed by atoms with van der Waals surface area (Å²) in [6.07, 6.45) is -5.33. The van der Waals surface area contributed by atoms with Gasteiger partial charge in [0.25, 0.3) is 0 Å². The van der Waals surface area contributed by atoms with Gasteiger partial charge in [-0.3, -0.25) is 5.43 Å². The lowest BCUT2D eigenvalue weighted by Crippen LogP contribution is -2.46. The molecule has 4 atom stereocenters. The molecule has 1 aromatic carbocycles. The largest absolute Gasteiger partial charge is 0.394 e. The Hall–Kier alpha value is -1.51. The van der Waals surface area contributed by atoms with Crippen molar-refractivity contribution in [1.29, 1.82) is 0 Å². The summed E-state index contributed by atoms with van der Waals surface area (Å²) < 4.78 is 0. The van der Waals surface area contributed by atoms with E-state index >= 15 is 0 Å². The zero-order valence-corrected chi connectivity index (χ0v) is 10.2. The van der Waals surface area contributed by atoms with Crippen molar-refractivity contribution < 1.29 is 25.5 Å². The molecule has 0 aromatic heterocycles. The van der Waals surface area contributed by atoms with Crippen LogP contribution < -0.4 is 5.43 Å². The molecular formula is C12H18N2O5. The summed E-state index contributed by atoms with van der Waals surface area (Å²) in [5.74, 6) is 0. The summed E-state index contributed by atoms with van der Waals surface area (Å²) in [6, 6.07) is 8.93. The highest BCUT2D eigenvalue weighted by Gasteiger charge is 2.29. The zero-order valence-electron chi connectivity index (χ0n) is 10.2. The highest BCUT2D eigenvalue weighted by Crippen LogP contribution is 2.06. The van der Waals surface area contributed by atoms with E-state index in [9.17, 15) is 15.3 Å². The van der Waals surface area contributed by atoms with Crippen molar-refractivity contribution in [2.45, 2.75) is 24.4 Å². The fourth-order valence-electron chi connectivity index (χ4n) is 1.33. The third-order valence-electron chi connectivity index (χ3n) is 2.48. The minimum absolute atomic E-state index is 0.691. The fourth-order valence-corrected chi connectivity index (χ4v) is 1.33. The fraction of sp³-hybridized carbons (Fsp3) is 0.417. The first-order valence-corrected chi connectivity index (χ1v) is 5.73. The first kappa shape index (κ1) is 15.5. The summed E-state index contributed by atoms with van der Waals surface area (Å²) in [7, 11) is 0. The van der Waals surface area contributed by atoms with Crippen molar-refractivity contribution in [3.05, 3.63) is 30.3 Å². The van der Waals surface area contributed by atoms with Crippen LogP contribution in [0.1, 0.15) is 0 Å². The Morgan fingerprint density at radius 2 is 1.68 bits per heavy atom. The minimum atomic E-state index is -1.66. The smallest absolute Gasteiger partial charge is 0.119 e. The molecule has 6 N–H and O–H groups in total. The van der Waals surface area contributed by atoms with Crippen molar-refractivity contribution in [1.82, 2.24) is 0 Å². The van der Waals surface area contributed by atoms with Gasteiger partial charge in [-0.05, 0) is 12.1 Å². The standard InChI is InChI=1S/C12H18N2O5/c15-7-10(17)12(19)11(18)9(16)6-13-14-8-4-2-1-3-5-8/h1-6,9-12,14-19H,7H2/b13-6+/t9-,10+,11+,12-/m0/s1. The van der Waals surface area contributed by atoms with Crippen LogP contribution in [-0.4, -0.2) is 62.8 Å². The van der Waals surface area contributed by atoms with Crippen LogP contribution in [0.3, 0.4) is 0 Å². The van der Waals surface area contributed by atoms with Gasteiger partial charge in [0.1, 0.15) is 24.4 Å². The van der Waals surface area contributed by atoms with E-state index in [0.717, 1.165) is 6.21 Å². The van der Waals surface area contributed by atoms with E-state index in [-0.39, 0.29) is 0 Å². The Balaban J connectivity index is 2.47. The molecule has 0 heterocycles. The molecule has 0 amide bonds. The van der Waals surface area contributed by atoms with Crippen LogP contribution in [-0.2, 0) is 0 Å². The molecule has 0 radical (unpaired) electrons. The van der Waals surface area contributed by atoms with Crippen molar-refractivity contribution in [2.24, 2.45) is 5.10 Å². The number of aliphatic hydroxyl groups is 5. The molecular weight excluding hydrogens is 252 g/mol. The molecule has 0 bridgehead atoms.